The predicted octanol–water partition coefficient (Wildman–Crippen LogP) is 6.32. The van der Waals surface area contributed by atoms with Crippen molar-refractivity contribution in [2.75, 3.05) is 0 Å². The van der Waals surface area contributed by atoms with Crippen molar-refractivity contribution in [3.05, 3.63) is 74.3 Å². The van der Waals surface area contributed by atoms with Crippen LogP contribution in [0.5, 0.6) is 0 Å². The highest BCUT2D eigenvalue weighted by atomic mass is 35.5. The second kappa shape index (κ2) is 7.14. The van der Waals surface area contributed by atoms with Crippen LogP contribution in [0.2, 0.25) is 10.0 Å². The van der Waals surface area contributed by atoms with Gasteiger partial charge in [0.15, 0.2) is 0 Å². The molecule has 1 heterocycles. The van der Waals surface area contributed by atoms with Crippen LogP contribution in [0, 0.1) is 17.1 Å². The Labute approximate surface area is 152 Å². The molecule has 1 aromatic heterocycles. The molecule has 0 bridgehead atoms. The van der Waals surface area contributed by atoms with E-state index in [9.17, 15) is 9.65 Å². The molecule has 0 saturated carbocycles. The van der Waals surface area contributed by atoms with Gasteiger partial charge in [-0.05, 0) is 35.9 Å². The van der Waals surface area contributed by atoms with E-state index in [4.69, 9.17) is 23.2 Å². The van der Waals surface area contributed by atoms with E-state index in [-0.39, 0.29) is 5.82 Å². The summed E-state index contributed by atoms with van der Waals surface area (Å²) in [5, 5.41) is 12.7. The number of rotatable bonds is 3. The molecule has 0 atom stereocenters. The molecule has 0 aliphatic carbocycles. The first kappa shape index (κ1) is 16.7. The van der Waals surface area contributed by atoms with Gasteiger partial charge in [0.2, 0.25) is 0 Å². The van der Waals surface area contributed by atoms with E-state index in [0.717, 1.165) is 5.56 Å². The SMILES string of the molecule is N#CC(=Cc1cccc(F)c1)c1nc(-c2ccc(Cl)c(Cl)c2)cs1. The third-order valence-corrected chi connectivity index (χ3v) is 4.84. The number of halogens is 3. The van der Waals surface area contributed by atoms with Gasteiger partial charge < -0.3 is 0 Å². The van der Waals surface area contributed by atoms with Crippen LogP contribution < -0.4 is 0 Å². The van der Waals surface area contributed by atoms with Crippen molar-refractivity contribution in [1.82, 2.24) is 4.98 Å². The molecule has 3 aromatic rings. The summed E-state index contributed by atoms with van der Waals surface area (Å²) in [6.45, 7) is 0. The maximum absolute atomic E-state index is 13.3. The van der Waals surface area contributed by atoms with Crippen LogP contribution in [0.1, 0.15) is 10.6 Å². The monoisotopic (exact) mass is 374 g/mol. The number of nitriles is 1. The zero-order valence-electron chi connectivity index (χ0n) is 12.1. The molecule has 6 heteroatoms. The Morgan fingerprint density at radius 3 is 2.71 bits per heavy atom. The van der Waals surface area contributed by atoms with Gasteiger partial charge in [-0.25, -0.2) is 9.37 Å². The Balaban J connectivity index is 1.96. The zero-order valence-corrected chi connectivity index (χ0v) is 14.5. The summed E-state index contributed by atoms with van der Waals surface area (Å²) in [6, 6.07) is 13.4. The number of thiazole rings is 1. The highest BCUT2D eigenvalue weighted by Gasteiger charge is 2.10. The van der Waals surface area contributed by atoms with Crippen LogP contribution in [0.3, 0.4) is 0 Å². The van der Waals surface area contributed by atoms with E-state index in [1.165, 1.54) is 23.5 Å². The summed E-state index contributed by atoms with van der Waals surface area (Å²) in [4.78, 5) is 4.47. The second-order valence-electron chi connectivity index (χ2n) is 4.89. The third-order valence-electron chi connectivity index (χ3n) is 3.23. The average Bonchev–Trinajstić information content (AvgIpc) is 3.05. The quantitative estimate of drug-likeness (QED) is 0.502. The summed E-state index contributed by atoms with van der Waals surface area (Å²) in [5.41, 5.74) is 2.50. The zero-order chi connectivity index (χ0) is 17.1. The first-order valence-electron chi connectivity index (χ1n) is 6.85. The summed E-state index contributed by atoms with van der Waals surface area (Å²) in [7, 11) is 0. The minimum atomic E-state index is -0.350. The van der Waals surface area contributed by atoms with Gasteiger partial charge in [-0.2, -0.15) is 5.26 Å². The number of nitrogens with zero attached hydrogens (tertiary/aromatic N) is 2. The Bertz CT molecular complexity index is 973. The van der Waals surface area contributed by atoms with E-state index >= 15 is 0 Å². The minimum absolute atomic E-state index is 0.350. The van der Waals surface area contributed by atoms with Crippen LogP contribution in [-0.4, -0.2) is 4.98 Å². The van der Waals surface area contributed by atoms with Crippen LogP contribution in [-0.2, 0) is 0 Å². The molecular weight excluding hydrogens is 366 g/mol. The van der Waals surface area contributed by atoms with Crippen molar-refractivity contribution in [3.63, 3.8) is 0 Å². The maximum Gasteiger partial charge on any atom is 0.134 e. The van der Waals surface area contributed by atoms with E-state index in [1.807, 2.05) is 11.4 Å². The number of hydrogen-bond acceptors (Lipinski definition) is 3. The molecule has 2 nitrogen and oxygen atoms in total. The van der Waals surface area contributed by atoms with Gasteiger partial charge in [-0.1, -0.05) is 41.4 Å². The van der Waals surface area contributed by atoms with Crippen LogP contribution in [0.15, 0.2) is 47.8 Å². The fraction of sp³-hybridized carbons (Fsp3) is 0. The fourth-order valence-corrected chi connectivity index (χ4v) is 3.18. The third kappa shape index (κ3) is 3.65. The molecular formula is C18H9Cl2FN2S. The summed E-state index contributed by atoms with van der Waals surface area (Å²) in [6.07, 6.45) is 1.61. The average molecular weight is 375 g/mol. The molecule has 118 valence electrons. The van der Waals surface area contributed by atoms with Crippen molar-refractivity contribution in [2.45, 2.75) is 0 Å². The van der Waals surface area contributed by atoms with Crippen molar-refractivity contribution in [1.29, 1.82) is 5.26 Å². The number of allylic oxidation sites excluding steroid dienone is 1. The van der Waals surface area contributed by atoms with Crippen molar-refractivity contribution in [2.24, 2.45) is 0 Å². The van der Waals surface area contributed by atoms with Gasteiger partial charge in [0.1, 0.15) is 16.9 Å². The molecule has 0 saturated heterocycles. The molecule has 0 unspecified atom stereocenters. The molecule has 0 spiro atoms. The lowest BCUT2D eigenvalue weighted by molar-refractivity contribution is 0.627. The minimum Gasteiger partial charge on any atom is -0.235 e. The van der Waals surface area contributed by atoms with E-state index in [1.54, 1.807) is 30.3 Å². The summed E-state index contributed by atoms with van der Waals surface area (Å²) >= 11 is 13.3. The fourth-order valence-electron chi connectivity index (χ4n) is 2.09. The summed E-state index contributed by atoms with van der Waals surface area (Å²) < 4.78 is 13.3. The lowest BCUT2D eigenvalue weighted by Crippen LogP contribution is -1.84. The predicted molar refractivity (Wildman–Crippen MR) is 97.5 cm³/mol. The standard InChI is InChI=1S/C18H9Cl2FN2S/c19-15-5-4-12(8-16(15)20)17-10-24-18(23-17)13(9-22)6-11-2-1-3-14(21)7-11/h1-8,10H. The van der Waals surface area contributed by atoms with Gasteiger partial charge in [0.25, 0.3) is 0 Å². The highest BCUT2D eigenvalue weighted by molar-refractivity contribution is 7.11. The smallest absolute Gasteiger partial charge is 0.134 e. The van der Waals surface area contributed by atoms with Gasteiger partial charge in [-0.3, -0.25) is 0 Å². The molecule has 3 rings (SSSR count). The molecule has 24 heavy (non-hydrogen) atoms. The first-order valence-corrected chi connectivity index (χ1v) is 8.49. The van der Waals surface area contributed by atoms with Crippen molar-refractivity contribution >= 4 is 46.2 Å². The second-order valence-corrected chi connectivity index (χ2v) is 6.56. The Hall–Kier alpha value is -2.19. The maximum atomic E-state index is 13.3. The Kier molecular flexibility index (Phi) is 4.96. The molecule has 0 N–H and O–H groups in total. The van der Waals surface area contributed by atoms with Gasteiger partial charge >= 0.3 is 0 Å². The molecule has 2 aromatic carbocycles. The summed E-state index contributed by atoms with van der Waals surface area (Å²) in [5.74, 6) is -0.350. The molecule has 0 aliphatic heterocycles. The van der Waals surface area contributed by atoms with Crippen LogP contribution in [0.4, 0.5) is 4.39 Å². The topological polar surface area (TPSA) is 36.7 Å². The van der Waals surface area contributed by atoms with E-state index in [0.29, 0.717) is 31.9 Å². The number of hydrogen-bond donors (Lipinski definition) is 0. The van der Waals surface area contributed by atoms with E-state index < -0.39 is 0 Å². The van der Waals surface area contributed by atoms with Crippen LogP contribution >= 0.6 is 34.5 Å². The molecule has 0 fully saturated rings. The molecule has 0 amide bonds. The molecule has 0 radical (unpaired) electrons. The van der Waals surface area contributed by atoms with Gasteiger partial charge in [-0.15, -0.1) is 11.3 Å². The Morgan fingerprint density at radius 2 is 2.00 bits per heavy atom. The lowest BCUT2D eigenvalue weighted by atomic mass is 10.1. The number of aromatic nitrogens is 1. The lowest BCUT2D eigenvalue weighted by Gasteiger charge is -1.99. The Morgan fingerprint density at radius 1 is 1.17 bits per heavy atom. The van der Waals surface area contributed by atoms with E-state index in [2.05, 4.69) is 11.1 Å². The van der Waals surface area contributed by atoms with Crippen molar-refractivity contribution < 1.29 is 4.39 Å². The first-order chi connectivity index (χ1) is 11.6. The van der Waals surface area contributed by atoms with Crippen molar-refractivity contribution in [3.8, 4) is 17.3 Å². The largest absolute Gasteiger partial charge is 0.235 e. The van der Waals surface area contributed by atoms with Gasteiger partial charge in [0, 0.05) is 10.9 Å². The number of benzene rings is 2. The molecule has 0 aliphatic rings. The highest BCUT2D eigenvalue weighted by Crippen LogP contribution is 2.31. The van der Waals surface area contributed by atoms with Gasteiger partial charge in [0.05, 0.1) is 21.3 Å². The van der Waals surface area contributed by atoms with Crippen LogP contribution in [0.25, 0.3) is 22.9 Å². The normalized spacial score (nSPS) is 11.3.